The molecule has 0 radical (unpaired) electrons. The first-order valence-corrected chi connectivity index (χ1v) is 4.43. The molecule has 0 N–H and O–H groups in total. The van der Waals surface area contributed by atoms with E-state index in [0.717, 1.165) is 0 Å². The van der Waals surface area contributed by atoms with Gasteiger partial charge in [-0.05, 0) is 29.5 Å². The van der Waals surface area contributed by atoms with Crippen LogP contribution in [0.15, 0.2) is 17.3 Å². The SMILES string of the molecule is CC#CCn1cncc(I)c1=O. The maximum absolute atomic E-state index is 11.3. The van der Waals surface area contributed by atoms with Gasteiger partial charge in [0, 0.05) is 6.20 Å². The highest BCUT2D eigenvalue weighted by molar-refractivity contribution is 14.1. The van der Waals surface area contributed by atoms with Crippen LogP contribution >= 0.6 is 22.6 Å². The zero-order valence-electron chi connectivity index (χ0n) is 6.54. The third-order valence-corrected chi connectivity index (χ3v) is 2.03. The Hall–Kier alpha value is -0.830. The second-order valence-electron chi connectivity index (χ2n) is 2.10. The van der Waals surface area contributed by atoms with Crippen LogP contribution < -0.4 is 5.56 Å². The molecule has 1 heterocycles. The van der Waals surface area contributed by atoms with Crippen LogP contribution in [-0.4, -0.2) is 9.55 Å². The van der Waals surface area contributed by atoms with E-state index in [1.807, 2.05) is 22.6 Å². The van der Waals surface area contributed by atoms with Crippen molar-refractivity contribution < 1.29 is 0 Å². The molecular weight excluding hydrogens is 267 g/mol. The predicted molar refractivity (Wildman–Crippen MR) is 54.7 cm³/mol. The summed E-state index contributed by atoms with van der Waals surface area (Å²) in [6.07, 6.45) is 3.04. The summed E-state index contributed by atoms with van der Waals surface area (Å²) >= 11 is 1.96. The molecule has 0 saturated carbocycles. The van der Waals surface area contributed by atoms with Crippen LogP contribution in [0.25, 0.3) is 0 Å². The molecule has 0 bridgehead atoms. The van der Waals surface area contributed by atoms with Crippen molar-refractivity contribution in [1.29, 1.82) is 0 Å². The second-order valence-corrected chi connectivity index (χ2v) is 3.26. The summed E-state index contributed by atoms with van der Waals surface area (Å²) in [5, 5.41) is 0. The van der Waals surface area contributed by atoms with Crippen molar-refractivity contribution in [2.75, 3.05) is 0 Å². The van der Waals surface area contributed by atoms with E-state index in [-0.39, 0.29) is 5.56 Å². The van der Waals surface area contributed by atoms with Gasteiger partial charge >= 0.3 is 0 Å². The van der Waals surface area contributed by atoms with Crippen molar-refractivity contribution in [3.05, 3.63) is 26.4 Å². The Labute approximate surface area is 84.0 Å². The lowest BCUT2D eigenvalue weighted by Gasteiger charge is -1.98. The highest BCUT2D eigenvalue weighted by atomic mass is 127. The summed E-state index contributed by atoms with van der Waals surface area (Å²) in [7, 11) is 0. The lowest BCUT2D eigenvalue weighted by atomic mass is 10.5. The van der Waals surface area contributed by atoms with Crippen LogP contribution in [0, 0.1) is 15.4 Å². The molecule has 0 aliphatic carbocycles. The highest BCUT2D eigenvalue weighted by Crippen LogP contribution is 1.92. The van der Waals surface area contributed by atoms with Gasteiger partial charge in [0.2, 0.25) is 0 Å². The van der Waals surface area contributed by atoms with Crippen molar-refractivity contribution >= 4 is 22.6 Å². The number of rotatable bonds is 1. The molecule has 0 saturated heterocycles. The molecule has 4 heteroatoms. The molecule has 0 amide bonds. The third kappa shape index (κ3) is 2.08. The molecule has 0 spiro atoms. The molecule has 1 rings (SSSR count). The van der Waals surface area contributed by atoms with Crippen LogP contribution in [0.2, 0.25) is 0 Å². The molecule has 0 unspecified atom stereocenters. The fourth-order valence-corrected chi connectivity index (χ4v) is 1.17. The van der Waals surface area contributed by atoms with Gasteiger partial charge in [-0.1, -0.05) is 5.92 Å². The minimum Gasteiger partial charge on any atom is -0.287 e. The molecule has 1 aromatic heterocycles. The zero-order chi connectivity index (χ0) is 8.97. The normalized spacial score (nSPS) is 8.83. The van der Waals surface area contributed by atoms with Crippen LogP contribution in [0.5, 0.6) is 0 Å². The Bertz CT molecular complexity index is 386. The maximum atomic E-state index is 11.3. The Balaban J connectivity index is 3.06. The van der Waals surface area contributed by atoms with Gasteiger partial charge in [0.1, 0.15) is 0 Å². The first kappa shape index (κ1) is 9.26. The van der Waals surface area contributed by atoms with Gasteiger partial charge in [0.05, 0.1) is 16.4 Å². The van der Waals surface area contributed by atoms with E-state index in [1.165, 1.54) is 10.9 Å². The van der Waals surface area contributed by atoms with E-state index >= 15 is 0 Å². The number of aromatic nitrogens is 2. The quantitative estimate of drug-likeness (QED) is 0.562. The maximum Gasteiger partial charge on any atom is 0.267 e. The topological polar surface area (TPSA) is 34.9 Å². The minimum atomic E-state index is -0.0339. The molecule has 0 aromatic carbocycles. The van der Waals surface area contributed by atoms with E-state index in [0.29, 0.717) is 10.1 Å². The smallest absolute Gasteiger partial charge is 0.267 e. The first-order chi connectivity index (χ1) is 5.75. The molecular formula is C8H7IN2O. The first-order valence-electron chi connectivity index (χ1n) is 3.35. The average Bonchev–Trinajstić information content (AvgIpc) is 2.08. The molecule has 1 aromatic rings. The minimum absolute atomic E-state index is 0.0339. The summed E-state index contributed by atoms with van der Waals surface area (Å²) in [5.41, 5.74) is -0.0339. The van der Waals surface area contributed by atoms with Crippen LogP contribution in [0.3, 0.4) is 0 Å². The van der Waals surface area contributed by atoms with Gasteiger partial charge in [-0.25, -0.2) is 4.98 Å². The summed E-state index contributed by atoms with van der Waals surface area (Å²) < 4.78 is 2.10. The van der Waals surface area contributed by atoms with Gasteiger partial charge in [0.25, 0.3) is 5.56 Å². The molecule has 12 heavy (non-hydrogen) atoms. The largest absolute Gasteiger partial charge is 0.287 e. The Morgan fingerprint density at radius 2 is 2.50 bits per heavy atom. The van der Waals surface area contributed by atoms with Gasteiger partial charge in [-0.2, -0.15) is 0 Å². The van der Waals surface area contributed by atoms with Gasteiger partial charge in [0.15, 0.2) is 0 Å². The standard InChI is InChI=1S/C8H7IN2O/c1-2-3-4-11-6-10-5-7(9)8(11)12/h5-6H,4H2,1H3. The second kappa shape index (κ2) is 4.26. The molecule has 0 fully saturated rings. The summed E-state index contributed by atoms with van der Waals surface area (Å²) in [5.74, 6) is 5.53. The highest BCUT2D eigenvalue weighted by Gasteiger charge is 1.97. The average molecular weight is 274 g/mol. The Morgan fingerprint density at radius 1 is 1.75 bits per heavy atom. The van der Waals surface area contributed by atoms with Crippen molar-refractivity contribution in [3.63, 3.8) is 0 Å². The molecule has 0 atom stereocenters. The van der Waals surface area contributed by atoms with E-state index < -0.39 is 0 Å². The number of halogens is 1. The lowest BCUT2D eigenvalue weighted by molar-refractivity contribution is 0.761. The fourth-order valence-electron chi connectivity index (χ4n) is 0.701. The van der Waals surface area contributed by atoms with Gasteiger partial charge < -0.3 is 0 Å². The Kier molecular flexibility index (Phi) is 3.29. The van der Waals surface area contributed by atoms with Crippen LogP contribution in [-0.2, 0) is 6.54 Å². The monoisotopic (exact) mass is 274 g/mol. The number of hydrogen-bond acceptors (Lipinski definition) is 2. The summed E-state index contributed by atoms with van der Waals surface area (Å²) in [6, 6.07) is 0. The number of nitrogens with zero attached hydrogens (tertiary/aromatic N) is 2. The molecule has 3 nitrogen and oxygen atoms in total. The van der Waals surface area contributed by atoms with Gasteiger partial charge in [-0.15, -0.1) is 5.92 Å². The van der Waals surface area contributed by atoms with Crippen molar-refractivity contribution in [1.82, 2.24) is 9.55 Å². The van der Waals surface area contributed by atoms with E-state index in [1.54, 1.807) is 13.1 Å². The van der Waals surface area contributed by atoms with Crippen molar-refractivity contribution in [2.24, 2.45) is 0 Å². The number of hydrogen-bond donors (Lipinski definition) is 0. The molecule has 62 valence electrons. The third-order valence-electron chi connectivity index (χ3n) is 1.29. The predicted octanol–water partition coefficient (Wildman–Crippen LogP) is 0.871. The van der Waals surface area contributed by atoms with Crippen molar-refractivity contribution in [2.45, 2.75) is 13.5 Å². The zero-order valence-corrected chi connectivity index (χ0v) is 8.70. The van der Waals surface area contributed by atoms with Crippen molar-refractivity contribution in [3.8, 4) is 11.8 Å². The molecule has 0 aliphatic rings. The molecule has 0 aliphatic heterocycles. The van der Waals surface area contributed by atoms with Crippen LogP contribution in [0.1, 0.15) is 6.92 Å². The Morgan fingerprint density at radius 3 is 3.17 bits per heavy atom. The van der Waals surface area contributed by atoms with E-state index in [9.17, 15) is 4.79 Å². The van der Waals surface area contributed by atoms with Crippen LogP contribution in [0.4, 0.5) is 0 Å². The van der Waals surface area contributed by atoms with Gasteiger partial charge in [-0.3, -0.25) is 9.36 Å². The summed E-state index contributed by atoms with van der Waals surface area (Å²) in [6.45, 7) is 2.16. The van der Waals surface area contributed by atoms with E-state index in [2.05, 4.69) is 16.8 Å². The van der Waals surface area contributed by atoms with E-state index in [4.69, 9.17) is 0 Å². The lowest BCUT2D eigenvalue weighted by Crippen LogP contribution is -2.21. The summed E-state index contributed by atoms with van der Waals surface area (Å²) in [4.78, 5) is 15.2. The fraction of sp³-hybridized carbons (Fsp3) is 0.250.